The Labute approximate surface area is 115 Å². The van der Waals surface area contributed by atoms with E-state index >= 15 is 0 Å². The Morgan fingerprint density at radius 1 is 1.63 bits per heavy atom. The van der Waals surface area contributed by atoms with E-state index in [1.54, 1.807) is 0 Å². The number of aromatic nitrogens is 2. The molecule has 106 valence electrons. The van der Waals surface area contributed by atoms with Crippen molar-refractivity contribution in [3.63, 3.8) is 0 Å². The van der Waals surface area contributed by atoms with Gasteiger partial charge >= 0.3 is 5.97 Å². The van der Waals surface area contributed by atoms with Gasteiger partial charge in [-0.1, -0.05) is 11.6 Å². The molecule has 2 rings (SSSR count). The highest BCUT2D eigenvalue weighted by Crippen LogP contribution is 2.29. The number of carboxylic acid groups (broad SMARTS) is 1. The maximum Gasteiger partial charge on any atom is 0.303 e. The first-order valence-corrected chi connectivity index (χ1v) is 7.53. The maximum absolute atomic E-state index is 12.4. The Kier molecular flexibility index (Phi) is 3.84. The molecule has 0 bridgehead atoms. The monoisotopic (exact) mass is 307 g/mol. The molecule has 2 heterocycles. The molecule has 1 saturated heterocycles. The van der Waals surface area contributed by atoms with Crippen LogP contribution < -0.4 is 0 Å². The summed E-state index contributed by atoms with van der Waals surface area (Å²) in [4.78, 5) is 10.6. The van der Waals surface area contributed by atoms with Crippen LogP contribution in [-0.2, 0) is 21.9 Å². The van der Waals surface area contributed by atoms with Crippen molar-refractivity contribution in [2.45, 2.75) is 17.9 Å². The first kappa shape index (κ1) is 14.3. The van der Waals surface area contributed by atoms with Crippen molar-refractivity contribution in [1.29, 1.82) is 0 Å². The minimum Gasteiger partial charge on any atom is -0.481 e. The van der Waals surface area contributed by atoms with Gasteiger partial charge in [0, 0.05) is 26.6 Å². The molecule has 0 aliphatic carbocycles. The Morgan fingerprint density at radius 2 is 2.32 bits per heavy atom. The number of hydrogen-bond acceptors (Lipinski definition) is 4. The minimum atomic E-state index is -3.72. The number of aliphatic carboxylic acids is 1. The molecule has 0 saturated carbocycles. The van der Waals surface area contributed by atoms with Gasteiger partial charge < -0.3 is 5.11 Å². The SMILES string of the molecule is Cn1ncc(Cl)c1S(=O)(=O)N1CCC(CC(=O)O)C1. The summed E-state index contributed by atoms with van der Waals surface area (Å²) in [7, 11) is -2.21. The zero-order valence-electron chi connectivity index (χ0n) is 10.3. The van der Waals surface area contributed by atoms with E-state index in [0.717, 1.165) is 0 Å². The van der Waals surface area contributed by atoms with Crippen LogP contribution >= 0.6 is 11.6 Å². The molecule has 1 fully saturated rings. The maximum atomic E-state index is 12.4. The number of aryl methyl sites for hydroxylation is 1. The summed E-state index contributed by atoms with van der Waals surface area (Å²) in [5, 5.41) is 12.6. The molecular weight excluding hydrogens is 294 g/mol. The van der Waals surface area contributed by atoms with Crippen LogP contribution in [0.3, 0.4) is 0 Å². The van der Waals surface area contributed by atoms with E-state index in [4.69, 9.17) is 16.7 Å². The summed E-state index contributed by atoms with van der Waals surface area (Å²) >= 11 is 5.85. The normalized spacial score (nSPS) is 20.8. The van der Waals surface area contributed by atoms with Gasteiger partial charge in [0.1, 0.15) is 0 Å². The van der Waals surface area contributed by atoms with Crippen LogP contribution in [0.25, 0.3) is 0 Å². The fourth-order valence-electron chi connectivity index (χ4n) is 2.24. The van der Waals surface area contributed by atoms with Crippen molar-refractivity contribution in [3.8, 4) is 0 Å². The van der Waals surface area contributed by atoms with Gasteiger partial charge in [-0.25, -0.2) is 8.42 Å². The lowest BCUT2D eigenvalue weighted by atomic mass is 10.1. The zero-order chi connectivity index (χ0) is 14.2. The first-order valence-electron chi connectivity index (χ1n) is 5.72. The quantitative estimate of drug-likeness (QED) is 0.877. The topological polar surface area (TPSA) is 92.5 Å². The third kappa shape index (κ3) is 2.75. The van der Waals surface area contributed by atoms with E-state index < -0.39 is 16.0 Å². The van der Waals surface area contributed by atoms with Crippen LogP contribution in [0.5, 0.6) is 0 Å². The van der Waals surface area contributed by atoms with Gasteiger partial charge in [0.25, 0.3) is 10.0 Å². The van der Waals surface area contributed by atoms with Crippen LogP contribution in [-0.4, -0.2) is 46.7 Å². The average Bonchev–Trinajstić information content (AvgIpc) is 2.86. The highest BCUT2D eigenvalue weighted by molar-refractivity contribution is 7.89. The molecule has 1 unspecified atom stereocenters. The summed E-state index contributed by atoms with van der Waals surface area (Å²) in [5.41, 5.74) is 0. The number of sulfonamides is 1. The van der Waals surface area contributed by atoms with Crippen LogP contribution in [0.4, 0.5) is 0 Å². The number of carboxylic acids is 1. The molecule has 0 amide bonds. The second-order valence-corrected chi connectivity index (χ2v) is 6.80. The van der Waals surface area contributed by atoms with Crippen LogP contribution in [0.2, 0.25) is 5.02 Å². The summed E-state index contributed by atoms with van der Waals surface area (Å²) in [6, 6.07) is 0. The van der Waals surface area contributed by atoms with Gasteiger partial charge in [-0.3, -0.25) is 9.48 Å². The Hall–Kier alpha value is -1.12. The fourth-order valence-corrected chi connectivity index (χ4v) is 4.38. The van der Waals surface area contributed by atoms with Crippen molar-refractivity contribution in [2.75, 3.05) is 13.1 Å². The molecular formula is C10H14ClN3O4S. The highest BCUT2D eigenvalue weighted by atomic mass is 35.5. The lowest BCUT2D eigenvalue weighted by molar-refractivity contribution is -0.137. The van der Waals surface area contributed by atoms with Gasteiger partial charge in [0.15, 0.2) is 5.03 Å². The van der Waals surface area contributed by atoms with Crippen molar-refractivity contribution in [1.82, 2.24) is 14.1 Å². The van der Waals surface area contributed by atoms with Gasteiger partial charge in [-0.2, -0.15) is 9.40 Å². The molecule has 1 aliphatic rings. The predicted molar refractivity (Wildman–Crippen MR) is 67.3 cm³/mol. The fraction of sp³-hybridized carbons (Fsp3) is 0.600. The molecule has 0 radical (unpaired) electrons. The van der Waals surface area contributed by atoms with E-state index in [-0.39, 0.29) is 28.9 Å². The van der Waals surface area contributed by atoms with E-state index in [9.17, 15) is 13.2 Å². The lowest BCUT2D eigenvalue weighted by Gasteiger charge is -2.16. The van der Waals surface area contributed by atoms with E-state index in [0.29, 0.717) is 13.0 Å². The largest absolute Gasteiger partial charge is 0.481 e. The first-order chi connectivity index (χ1) is 8.82. The van der Waals surface area contributed by atoms with E-state index in [2.05, 4.69) is 5.10 Å². The van der Waals surface area contributed by atoms with Crippen molar-refractivity contribution in [3.05, 3.63) is 11.2 Å². The average molecular weight is 308 g/mol. The predicted octanol–water partition coefficient (Wildman–Crippen LogP) is 0.559. The third-order valence-electron chi connectivity index (χ3n) is 3.14. The van der Waals surface area contributed by atoms with E-state index in [1.165, 1.54) is 22.2 Å². The van der Waals surface area contributed by atoms with E-state index in [1.807, 2.05) is 0 Å². The summed E-state index contributed by atoms with van der Waals surface area (Å²) in [5.74, 6) is -1.07. The molecule has 1 atom stereocenters. The Morgan fingerprint density at radius 3 is 2.84 bits per heavy atom. The van der Waals surface area contributed by atoms with Crippen LogP contribution in [0.1, 0.15) is 12.8 Å². The molecule has 1 aromatic rings. The summed E-state index contributed by atoms with van der Waals surface area (Å²) in [6.07, 6.45) is 1.80. The number of carbonyl (C=O) groups is 1. The molecule has 0 spiro atoms. The van der Waals surface area contributed by atoms with Gasteiger partial charge in [-0.05, 0) is 12.3 Å². The highest BCUT2D eigenvalue weighted by Gasteiger charge is 2.36. The zero-order valence-corrected chi connectivity index (χ0v) is 11.9. The number of rotatable bonds is 4. The van der Waals surface area contributed by atoms with Gasteiger partial charge in [0.2, 0.25) is 0 Å². The molecule has 7 nitrogen and oxygen atoms in total. The standard InChI is InChI=1S/C10H14ClN3O4S/c1-13-10(8(11)5-12-13)19(17,18)14-3-2-7(6-14)4-9(15)16/h5,7H,2-4,6H2,1H3,(H,15,16). The summed E-state index contributed by atoms with van der Waals surface area (Å²) in [6.45, 7) is 0.512. The smallest absolute Gasteiger partial charge is 0.303 e. The van der Waals surface area contributed by atoms with Crippen molar-refractivity contribution in [2.24, 2.45) is 13.0 Å². The second-order valence-electron chi connectivity index (χ2n) is 4.54. The molecule has 1 N–H and O–H groups in total. The number of nitrogens with zero attached hydrogens (tertiary/aromatic N) is 3. The molecule has 19 heavy (non-hydrogen) atoms. The molecule has 9 heteroatoms. The Balaban J connectivity index is 2.21. The van der Waals surface area contributed by atoms with Gasteiger partial charge in [-0.15, -0.1) is 0 Å². The second kappa shape index (κ2) is 5.10. The minimum absolute atomic E-state index is 0.0227. The Bertz CT molecular complexity index is 578. The molecule has 0 aromatic carbocycles. The lowest BCUT2D eigenvalue weighted by Crippen LogP contribution is -2.30. The van der Waals surface area contributed by atoms with Crippen molar-refractivity contribution >= 4 is 27.6 Å². The molecule has 1 aromatic heterocycles. The molecule has 1 aliphatic heterocycles. The van der Waals surface area contributed by atoms with Crippen LogP contribution in [0.15, 0.2) is 11.2 Å². The summed E-state index contributed by atoms with van der Waals surface area (Å²) < 4.78 is 27.3. The third-order valence-corrected chi connectivity index (χ3v) is 5.51. The van der Waals surface area contributed by atoms with Crippen LogP contribution in [0, 0.1) is 5.92 Å². The number of hydrogen-bond donors (Lipinski definition) is 1. The number of halogens is 1. The van der Waals surface area contributed by atoms with Crippen molar-refractivity contribution < 1.29 is 18.3 Å². The van der Waals surface area contributed by atoms with Gasteiger partial charge in [0.05, 0.1) is 11.2 Å².